The Morgan fingerprint density at radius 1 is 1.15 bits per heavy atom. The lowest BCUT2D eigenvalue weighted by atomic mass is 10.0. The van der Waals surface area contributed by atoms with Crippen molar-refractivity contribution in [2.45, 2.75) is 32.2 Å². The fourth-order valence-electron chi connectivity index (χ4n) is 3.22. The second-order valence-electron chi connectivity index (χ2n) is 6.17. The third kappa shape index (κ3) is 2.88. The number of pyridine rings is 1. The summed E-state index contributed by atoms with van der Waals surface area (Å²) in [7, 11) is 0. The van der Waals surface area contributed by atoms with Gasteiger partial charge in [-0.15, -0.1) is 0 Å². The molecule has 1 saturated heterocycles. The minimum atomic E-state index is -0.116. The molecule has 4 heterocycles. The molecule has 0 unspecified atom stereocenters. The molecule has 1 fully saturated rings. The van der Waals surface area contributed by atoms with Crippen LogP contribution < -0.4 is 4.90 Å². The number of nitriles is 1. The SMILES string of the molecule is Cc1ccnc(N2CCCC[C@H]2c2nc(-c3ncccn3)no2)c1C#N. The van der Waals surface area contributed by atoms with Gasteiger partial charge >= 0.3 is 0 Å². The van der Waals surface area contributed by atoms with Crippen molar-refractivity contribution >= 4 is 5.82 Å². The van der Waals surface area contributed by atoms with Crippen LogP contribution >= 0.6 is 0 Å². The molecule has 0 N–H and O–H groups in total. The van der Waals surface area contributed by atoms with Crippen LogP contribution in [0.15, 0.2) is 35.2 Å². The van der Waals surface area contributed by atoms with Gasteiger partial charge in [-0.3, -0.25) is 0 Å². The van der Waals surface area contributed by atoms with E-state index >= 15 is 0 Å². The van der Waals surface area contributed by atoms with Crippen LogP contribution in [0.1, 0.15) is 42.3 Å². The van der Waals surface area contributed by atoms with Gasteiger partial charge in [0.2, 0.25) is 17.5 Å². The highest BCUT2D eigenvalue weighted by Crippen LogP contribution is 2.35. The monoisotopic (exact) mass is 347 g/mol. The lowest BCUT2D eigenvalue weighted by Gasteiger charge is -2.34. The normalized spacial score (nSPS) is 17.1. The number of hydrogen-bond acceptors (Lipinski definition) is 8. The molecule has 4 rings (SSSR count). The van der Waals surface area contributed by atoms with E-state index in [1.807, 2.05) is 13.0 Å². The van der Waals surface area contributed by atoms with E-state index in [1.54, 1.807) is 24.7 Å². The molecule has 0 bridgehead atoms. The molecule has 1 aliphatic heterocycles. The summed E-state index contributed by atoms with van der Waals surface area (Å²) >= 11 is 0. The first-order valence-electron chi connectivity index (χ1n) is 8.51. The van der Waals surface area contributed by atoms with Crippen molar-refractivity contribution < 1.29 is 4.52 Å². The number of piperidine rings is 1. The van der Waals surface area contributed by atoms with Crippen LogP contribution in [-0.2, 0) is 0 Å². The third-order valence-electron chi connectivity index (χ3n) is 4.52. The van der Waals surface area contributed by atoms with Crippen LogP contribution in [0.25, 0.3) is 11.6 Å². The maximum Gasteiger partial charge on any atom is 0.249 e. The number of nitrogens with zero attached hydrogens (tertiary/aromatic N) is 7. The Morgan fingerprint density at radius 3 is 2.81 bits per heavy atom. The average Bonchev–Trinajstić information content (AvgIpc) is 3.18. The van der Waals surface area contributed by atoms with E-state index in [4.69, 9.17) is 4.52 Å². The van der Waals surface area contributed by atoms with Gasteiger partial charge in [-0.05, 0) is 43.9 Å². The van der Waals surface area contributed by atoms with E-state index in [0.717, 1.165) is 31.4 Å². The number of aromatic nitrogens is 5. The summed E-state index contributed by atoms with van der Waals surface area (Å²) in [6, 6.07) is 5.74. The molecule has 0 radical (unpaired) electrons. The van der Waals surface area contributed by atoms with Crippen molar-refractivity contribution in [3.05, 3.63) is 47.7 Å². The summed E-state index contributed by atoms with van der Waals surface area (Å²) in [5.41, 5.74) is 1.50. The van der Waals surface area contributed by atoms with Gasteiger partial charge in [0.25, 0.3) is 0 Å². The second kappa shape index (κ2) is 6.88. The minimum Gasteiger partial charge on any atom is -0.343 e. The van der Waals surface area contributed by atoms with Crippen LogP contribution in [-0.4, -0.2) is 31.6 Å². The van der Waals surface area contributed by atoms with Crippen molar-refractivity contribution in [1.82, 2.24) is 25.1 Å². The highest BCUT2D eigenvalue weighted by molar-refractivity contribution is 5.58. The van der Waals surface area contributed by atoms with E-state index in [9.17, 15) is 5.26 Å². The molecular weight excluding hydrogens is 330 g/mol. The molecule has 0 saturated carbocycles. The first-order chi connectivity index (χ1) is 12.8. The summed E-state index contributed by atoms with van der Waals surface area (Å²) in [5.74, 6) is 1.97. The molecule has 26 heavy (non-hydrogen) atoms. The summed E-state index contributed by atoms with van der Waals surface area (Å²) in [6.07, 6.45) is 7.95. The molecule has 8 nitrogen and oxygen atoms in total. The molecule has 3 aromatic rings. The van der Waals surface area contributed by atoms with Crippen molar-refractivity contribution in [2.24, 2.45) is 0 Å². The summed E-state index contributed by atoms with van der Waals surface area (Å²) < 4.78 is 5.52. The maximum absolute atomic E-state index is 9.55. The second-order valence-corrected chi connectivity index (χ2v) is 6.17. The Kier molecular flexibility index (Phi) is 4.27. The molecule has 3 aromatic heterocycles. The molecule has 130 valence electrons. The Labute approximate surface area is 150 Å². The molecule has 8 heteroatoms. The Morgan fingerprint density at radius 2 is 2.00 bits per heavy atom. The standard InChI is InChI=1S/C18H17N7O/c1-12-6-9-22-17(13(12)11-19)25-10-3-2-5-14(25)18-23-16(24-26-18)15-20-7-4-8-21-15/h4,6-9,14H,2-3,5,10H2,1H3/t14-/m0/s1. The first-order valence-corrected chi connectivity index (χ1v) is 8.51. The van der Waals surface area contributed by atoms with E-state index < -0.39 is 0 Å². The summed E-state index contributed by atoms with van der Waals surface area (Å²) in [5, 5.41) is 13.6. The van der Waals surface area contributed by atoms with Crippen LogP contribution in [0.5, 0.6) is 0 Å². The number of rotatable bonds is 3. The summed E-state index contributed by atoms with van der Waals surface area (Å²) in [6.45, 7) is 2.70. The quantitative estimate of drug-likeness (QED) is 0.712. The van der Waals surface area contributed by atoms with E-state index in [1.165, 1.54) is 0 Å². The summed E-state index contributed by atoms with van der Waals surface area (Å²) in [4.78, 5) is 19.4. The predicted molar refractivity (Wildman–Crippen MR) is 93.0 cm³/mol. The van der Waals surface area contributed by atoms with E-state index in [2.05, 4.69) is 36.1 Å². The van der Waals surface area contributed by atoms with E-state index in [-0.39, 0.29) is 6.04 Å². The lowest BCUT2D eigenvalue weighted by molar-refractivity contribution is 0.322. The van der Waals surface area contributed by atoms with Crippen LogP contribution in [0.2, 0.25) is 0 Å². The number of aryl methyl sites for hydroxylation is 1. The van der Waals surface area contributed by atoms with Crippen molar-refractivity contribution in [3.8, 4) is 17.7 Å². The molecule has 0 aliphatic carbocycles. The topological polar surface area (TPSA) is 105 Å². The molecular formula is C18H17N7O. The minimum absolute atomic E-state index is 0.116. The highest BCUT2D eigenvalue weighted by Gasteiger charge is 2.31. The molecule has 0 spiro atoms. The average molecular weight is 347 g/mol. The Hall–Kier alpha value is -3.34. The molecule has 0 aromatic carbocycles. The zero-order valence-corrected chi connectivity index (χ0v) is 14.3. The number of hydrogen-bond donors (Lipinski definition) is 0. The van der Waals surface area contributed by atoms with Crippen molar-refractivity contribution in [3.63, 3.8) is 0 Å². The molecule has 1 aliphatic rings. The van der Waals surface area contributed by atoms with Gasteiger partial charge in [0, 0.05) is 25.1 Å². The van der Waals surface area contributed by atoms with Gasteiger partial charge in [-0.1, -0.05) is 5.16 Å². The fraction of sp³-hybridized carbons (Fsp3) is 0.333. The van der Waals surface area contributed by atoms with Crippen LogP contribution in [0, 0.1) is 18.3 Å². The van der Waals surface area contributed by atoms with Gasteiger partial charge < -0.3 is 9.42 Å². The van der Waals surface area contributed by atoms with Crippen LogP contribution in [0.3, 0.4) is 0 Å². The highest BCUT2D eigenvalue weighted by atomic mass is 16.5. The predicted octanol–water partition coefficient (Wildman–Crippen LogP) is 2.83. The number of anilines is 1. The zero-order valence-electron chi connectivity index (χ0n) is 14.3. The zero-order chi connectivity index (χ0) is 17.9. The molecule has 0 amide bonds. The van der Waals surface area contributed by atoms with Gasteiger partial charge in [-0.25, -0.2) is 15.0 Å². The lowest BCUT2D eigenvalue weighted by Crippen LogP contribution is -2.35. The fourth-order valence-corrected chi connectivity index (χ4v) is 3.22. The first kappa shape index (κ1) is 16.1. The Bertz CT molecular complexity index is 948. The maximum atomic E-state index is 9.55. The van der Waals surface area contributed by atoms with Gasteiger partial charge in [0.05, 0.1) is 5.56 Å². The smallest absolute Gasteiger partial charge is 0.249 e. The van der Waals surface area contributed by atoms with Crippen LogP contribution in [0.4, 0.5) is 5.82 Å². The van der Waals surface area contributed by atoms with E-state index in [0.29, 0.717) is 28.9 Å². The van der Waals surface area contributed by atoms with Crippen molar-refractivity contribution in [1.29, 1.82) is 5.26 Å². The van der Waals surface area contributed by atoms with Gasteiger partial charge in [0.1, 0.15) is 17.9 Å². The van der Waals surface area contributed by atoms with Gasteiger partial charge in [-0.2, -0.15) is 10.2 Å². The van der Waals surface area contributed by atoms with Crippen molar-refractivity contribution in [2.75, 3.05) is 11.4 Å². The third-order valence-corrected chi connectivity index (χ3v) is 4.52. The largest absolute Gasteiger partial charge is 0.343 e. The van der Waals surface area contributed by atoms with Gasteiger partial charge in [0.15, 0.2) is 0 Å². The Balaban J connectivity index is 1.70. The molecule has 1 atom stereocenters.